The second-order valence-electron chi connectivity index (χ2n) is 10.6. The fourth-order valence-electron chi connectivity index (χ4n) is 8.72. The highest BCUT2D eigenvalue weighted by Gasteiger charge is 2.67. The van der Waals surface area contributed by atoms with Crippen LogP contribution in [0.25, 0.3) is 0 Å². The number of fused-ring (bicyclic) bond motifs is 6. The van der Waals surface area contributed by atoms with Crippen LogP contribution in [0.3, 0.4) is 0 Å². The summed E-state index contributed by atoms with van der Waals surface area (Å²) in [5, 5.41) is 10.2. The van der Waals surface area contributed by atoms with Crippen molar-refractivity contribution in [3.8, 4) is 0 Å². The molecule has 1 spiro atoms. The molecule has 0 unspecified atom stereocenters. The Bertz CT molecular complexity index is 552. The average molecular weight is 348 g/mol. The largest absolute Gasteiger partial charge is 0.393 e. The lowest BCUT2D eigenvalue weighted by molar-refractivity contribution is -0.196. The number of likely N-dealkylation sites (N-methyl/N-ethyl adjacent to an activating group) is 1. The van der Waals surface area contributed by atoms with E-state index in [9.17, 15) is 5.11 Å². The van der Waals surface area contributed by atoms with Gasteiger partial charge in [-0.05, 0) is 93.9 Å². The van der Waals surface area contributed by atoms with Gasteiger partial charge in [-0.3, -0.25) is 4.90 Å². The molecule has 0 radical (unpaired) electrons. The van der Waals surface area contributed by atoms with E-state index in [1.54, 1.807) is 0 Å². The standard InChI is InChI=1S/C22H37NO2/c1-20-9-6-16(24)14-15(20)4-5-17-18(20)7-10-21(2)19(17)8-11-22(21)23(3)12-13-25-22/h15-19,24H,4-14H2,1-3H3/t15-,16+,17-,18-,19-,20+,21+,22+/m1/s1. The highest BCUT2D eigenvalue weighted by Crippen LogP contribution is 2.69. The molecule has 1 N–H and O–H groups in total. The van der Waals surface area contributed by atoms with Crippen LogP contribution in [0.2, 0.25) is 0 Å². The second-order valence-corrected chi connectivity index (χ2v) is 10.6. The zero-order valence-corrected chi connectivity index (χ0v) is 16.5. The van der Waals surface area contributed by atoms with Crippen molar-refractivity contribution in [2.45, 2.75) is 83.5 Å². The number of aliphatic hydroxyl groups is 1. The summed E-state index contributed by atoms with van der Waals surface area (Å²) in [5.74, 6) is 3.39. The summed E-state index contributed by atoms with van der Waals surface area (Å²) in [6, 6.07) is 0. The molecule has 5 rings (SSSR count). The summed E-state index contributed by atoms with van der Waals surface area (Å²) in [7, 11) is 2.30. The van der Waals surface area contributed by atoms with E-state index in [1.165, 1.54) is 44.9 Å². The molecule has 5 aliphatic rings. The lowest BCUT2D eigenvalue weighted by Crippen LogP contribution is -2.59. The Hall–Kier alpha value is -0.120. The zero-order valence-electron chi connectivity index (χ0n) is 16.5. The van der Waals surface area contributed by atoms with Crippen LogP contribution in [-0.2, 0) is 4.74 Å². The lowest BCUT2D eigenvalue weighted by atomic mass is 9.44. The van der Waals surface area contributed by atoms with E-state index in [4.69, 9.17) is 4.74 Å². The topological polar surface area (TPSA) is 32.7 Å². The van der Waals surface area contributed by atoms with Crippen LogP contribution in [0, 0.1) is 34.5 Å². The van der Waals surface area contributed by atoms with Crippen molar-refractivity contribution >= 4 is 0 Å². The molecule has 0 aromatic heterocycles. The number of ether oxygens (including phenoxy) is 1. The molecule has 4 saturated carbocycles. The SMILES string of the molecule is CN1CCO[C@]12CC[C@@H]1[C@@H]3CC[C@@H]4C[C@@H](O)CC[C@]4(C)[C@@H]3CC[C@@]12C. The fourth-order valence-corrected chi connectivity index (χ4v) is 8.72. The molecule has 0 aromatic carbocycles. The molecule has 0 aromatic rings. The third kappa shape index (κ3) is 2.04. The van der Waals surface area contributed by atoms with Gasteiger partial charge >= 0.3 is 0 Å². The Morgan fingerprint density at radius 2 is 1.76 bits per heavy atom. The lowest BCUT2D eigenvalue weighted by Gasteiger charge is -2.62. The van der Waals surface area contributed by atoms with Gasteiger partial charge in [0.15, 0.2) is 0 Å². The van der Waals surface area contributed by atoms with Crippen LogP contribution >= 0.6 is 0 Å². The minimum atomic E-state index is -0.0289. The van der Waals surface area contributed by atoms with E-state index < -0.39 is 0 Å². The van der Waals surface area contributed by atoms with Gasteiger partial charge in [0, 0.05) is 12.0 Å². The molecule has 1 aliphatic heterocycles. The maximum absolute atomic E-state index is 10.2. The van der Waals surface area contributed by atoms with Gasteiger partial charge < -0.3 is 9.84 Å². The van der Waals surface area contributed by atoms with E-state index in [0.29, 0.717) is 10.8 Å². The predicted molar refractivity (Wildman–Crippen MR) is 99.0 cm³/mol. The van der Waals surface area contributed by atoms with Gasteiger partial charge in [-0.15, -0.1) is 0 Å². The molecule has 5 fully saturated rings. The second kappa shape index (κ2) is 5.45. The molecule has 1 heterocycles. The van der Waals surface area contributed by atoms with Gasteiger partial charge in [0.1, 0.15) is 5.72 Å². The fraction of sp³-hybridized carbons (Fsp3) is 1.00. The third-order valence-electron chi connectivity index (χ3n) is 10.1. The third-order valence-corrected chi connectivity index (χ3v) is 10.1. The maximum atomic E-state index is 10.2. The van der Waals surface area contributed by atoms with Gasteiger partial charge in [0.25, 0.3) is 0 Å². The summed E-state index contributed by atoms with van der Waals surface area (Å²) >= 11 is 0. The zero-order chi connectivity index (χ0) is 17.4. The first-order chi connectivity index (χ1) is 11.9. The molecule has 0 amide bonds. The van der Waals surface area contributed by atoms with Crippen molar-refractivity contribution in [3.05, 3.63) is 0 Å². The molecule has 3 heteroatoms. The number of hydrogen-bond donors (Lipinski definition) is 1. The van der Waals surface area contributed by atoms with E-state index in [2.05, 4.69) is 25.8 Å². The number of nitrogens with zero attached hydrogens (tertiary/aromatic N) is 1. The van der Waals surface area contributed by atoms with Crippen LogP contribution in [0.15, 0.2) is 0 Å². The van der Waals surface area contributed by atoms with Crippen LogP contribution in [0.5, 0.6) is 0 Å². The van der Waals surface area contributed by atoms with E-state index in [1.807, 2.05) is 0 Å². The average Bonchev–Trinajstić information content (AvgIpc) is 3.10. The smallest absolute Gasteiger partial charge is 0.127 e. The minimum Gasteiger partial charge on any atom is -0.393 e. The molecule has 3 nitrogen and oxygen atoms in total. The van der Waals surface area contributed by atoms with Gasteiger partial charge in [-0.2, -0.15) is 0 Å². The molecular weight excluding hydrogens is 310 g/mol. The maximum Gasteiger partial charge on any atom is 0.127 e. The van der Waals surface area contributed by atoms with Crippen LogP contribution in [0.4, 0.5) is 0 Å². The van der Waals surface area contributed by atoms with Crippen LogP contribution in [-0.4, -0.2) is 42.0 Å². The molecule has 4 aliphatic carbocycles. The highest BCUT2D eigenvalue weighted by molar-refractivity contribution is 5.15. The number of rotatable bonds is 0. The van der Waals surface area contributed by atoms with Crippen molar-refractivity contribution in [1.29, 1.82) is 0 Å². The Kier molecular flexibility index (Phi) is 3.71. The Morgan fingerprint density at radius 3 is 2.52 bits per heavy atom. The van der Waals surface area contributed by atoms with Gasteiger partial charge in [0.05, 0.1) is 12.7 Å². The summed E-state index contributed by atoms with van der Waals surface area (Å²) in [6.07, 6.45) is 11.4. The first-order valence-electron chi connectivity index (χ1n) is 10.9. The van der Waals surface area contributed by atoms with E-state index in [-0.39, 0.29) is 11.8 Å². The Morgan fingerprint density at radius 1 is 0.960 bits per heavy atom. The molecule has 25 heavy (non-hydrogen) atoms. The summed E-state index contributed by atoms with van der Waals surface area (Å²) in [6.45, 7) is 7.19. The van der Waals surface area contributed by atoms with E-state index >= 15 is 0 Å². The van der Waals surface area contributed by atoms with Crippen molar-refractivity contribution < 1.29 is 9.84 Å². The molecule has 8 atom stereocenters. The molecule has 1 saturated heterocycles. The quantitative estimate of drug-likeness (QED) is 0.717. The number of aliphatic hydroxyl groups excluding tert-OH is 1. The van der Waals surface area contributed by atoms with E-state index in [0.717, 1.165) is 49.7 Å². The predicted octanol–water partition coefficient (Wildman–Crippen LogP) is 4.05. The van der Waals surface area contributed by atoms with Gasteiger partial charge in [-0.1, -0.05) is 13.8 Å². The molecule has 142 valence electrons. The first-order valence-corrected chi connectivity index (χ1v) is 10.9. The Labute approximate surface area is 153 Å². The van der Waals surface area contributed by atoms with Crippen molar-refractivity contribution in [2.75, 3.05) is 20.2 Å². The minimum absolute atomic E-state index is 0.0289. The van der Waals surface area contributed by atoms with Gasteiger partial charge in [-0.25, -0.2) is 0 Å². The summed E-state index contributed by atoms with van der Waals surface area (Å²) in [5.41, 5.74) is 0.863. The normalized spacial score (nSPS) is 58.8. The van der Waals surface area contributed by atoms with Crippen LogP contribution in [0.1, 0.15) is 71.6 Å². The molecular formula is C22H37NO2. The van der Waals surface area contributed by atoms with Crippen molar-refractivity contribution in [3.63, 3.8) is 0 Å². The van der Waals surface area contributed by atoms with Crippen molar-refractivity contribution in [2.24, 2.45) is 34.5 Å². The van der Waals surface area contributed by atoms with Gasteiger partial charge in [0.2, 0.25) is 0 Å². The molecule has 0 bridgehead atoms. The Balaban J connectivity index is 1.46. The first kappa shape index (κ1) is 17.0. The highest BCUT2D eigenvalue weighted by atomic mass is 16.5. The monoisotopic (exact) mass is 347 g/mol. The summed E-state index contributed by atoms with van der Waals surface area (Å²) in [4.78, 5) is 2.55. The van der Waals surface area contributed by atoms with Crippen LogP contribution < -0.4 is 0 Å². The summed E-state index contributed by atoms with van der Waals surface area (Å²) < 4.78 is 6.50. The number of hydrogen-bond acceptors (Lipinski definition) is 3. The van der Waals surface area contributed by atoms with Crippen molar-refractivity contribution in [1.82, 2.24) is 4.90 Å².